The Morgan fingerprint density at radius 3 is 2.68 bits per heavy atom. The molecule has 0 heterocycles. The molecular weight excluding hydrogens is 286 g/mol. The van der Waals surface area contributed by atoms with Crippen molar-refractivity contribution in [2.75, 3.05) is 7.05 Å². The van der Waals surface area contributed by atoms with E-state index in [1.807, 2.05) is 0 Å². The zero-order valence-electron chi connectivity index (χ0n) is 13.4. The number of halogens is 2. The van der Waals surface area contributed by atoms with Gasteiger partial charge in [0.1, 0.15) is 0 Å². The molecule has 22 heavy (non-hydrogen) atoms. The minimum atomic E-state index is -0.895. The molecule has 1 fully saturated rings. The Labute approximate surface area is 130 Å². The number of hydrogen-bond donors (Lipinski definition) is 1. The molecule has 0 spiro atoms. The first-order valence-electron chi connectivity index (χ1n) is 7.86. The quantitative estimate of drug-likeness (QED) is 0.889. The van der Waals surface area contributed by atoms with Gasteiger partial charge in [0, 0.05) is 13.1 Å². The van der Waals surface area contributed by atoms with Gasteiger partial charge in [-0.15, -0.1) is 0 Å². The van der Waals surface area contributed by atoms with Crippen molar-refractivity contribution in [2.24, 2.45) is 5.92 Å². The fraction of sp³-hybridized carbons (Fsp3) is 0.588. The van der Waals surface area contributed by atoms with E-state index in [2.05, 4.69) is 12.2 Å². The lowest BCUT2D eigenvalue weighted by Gasteiger charge is -2.34. The van der Waals surface area contributed by atoms with Crippen LogP contribution in [0.3, 0.4) is 0 Å². The fourth-order valence-electron chi connectivity index (χ4n) is 3.07. The van der Waals surface area contributed by atoms with Crippen molar-refractivity contribution in [1.29, 1.82) is 0 Å². The third kappa shape index (κ3) is 3.96. The number of rotatable bonds is 3. The van der Waals surface area contributed by atoms with E-state index in [-0.39, 0.29) is 18.1 Å². The first-order valence-corrected chi connectivity index (χ1v) is 7.86. The fourth-order valence-corrected chi connectivity index (χ4v) is 3.07. The lowest BCUT2D eigenvalue weighted by Crippen LogP contribution is -2.45. The van der Waals surface area contributed by atoms with Crippen LogP contribution in [-0.2, 0) is 0 Å². The molecule has 3 atom stereocenters. The summed E-state index contributed by atoms with van der Waals surface area (Å²) in [6, 6.07) is 3.41. The number of nitrogens with zero attached hydrogens (tertiary/aromatic N) is 1. The van der Waals surface area contributed by atoms with Crippen LogP contribution in [0.5, 0.6) is 0 Å². The molecule has 1 saturated carbocycles. The van der Waals surface area contributed by atoms with Gasteiger partial charge in [-0.3, -0.25) is 0 Å². The van der Waals surface area contributed by atoms with Gasteiger partial charge >= 0.3 is 6.03 Å². The van der Waals surface area contributed by atoms with Crippen molar-refractivity contribution in [3.63, 3.8) is 0 Å². The van der Waals surface area contributed by atoms with Crippen molar-refractivity contribution in [1.82, 2.24) is 10.2 Å². The number of nitrogens with one attached hydrogen (secondary N) is 1. The Morgan fingerprint density at radius 1 is 1.32 bits per heavy atom. The Morgan fingerprint density at radius 2 is 2.05 bits per heavy atom. The van der Waals surface area contributed by atoms with E-state index in [1.165, 1.54) is 12.5 Å². The highest BCUT2D eigenvalue weighted by molar-refractivity contribution is 5.74. The maximum atomic E-state index is 13.3. The highest BCUT2D eigenvalue weighted by atomic mass is 19.2. The summed E-state index contributed by atoms with van der Waals surface area (Å²) in [6.45, 7) is 3.98. The predicted molar refractivity (Wildman–Crippen MR) is 82.5 cm³/mol. The van der Waals surface area contributed by atoms with E-state index in [1.54, 1.807) is 18.9 Å². The van der Waals surface area contributed by atoms with Crippen LogP contribution in [0.15, 0.2) is 18.2 Å². The molecule has 1 aliphatic rings. The molecule has 122 valence electrons. The van der Waals surface area contributed by atoms with E-state index in [9.17, 15) is 13.6 Å². The highest BCUT2D eigenvalue weighted by Crippen LogP contribution is 2.27. The maximum Gasteiger partial charge on any atom is 0.317 e. The molecule has 1 N–H and O–H groups in total. The number of carbonyl (C=O) groups is 1. The van der Waals surface area contributed by atoms with Gasteiger partial charge in [-0.1, -0.05) is 25.8 Å². The van der Waals surface area contributed by atoms with Gasteiger partial charge in [0.15, 0.2) is 11.6 Å². The van der Waals surface area contributed by atoms with Gasteiger partial charge in [-0.2, -0.15) is 0 Å². The van der Waals surface area contributed by atoms with Crippen LogP contribution in [0.1, 0.15) is 51.1 Å². The summed E-state index contributed by atoms with van der Waals surface area (Å²) in [7, 11) is 1.80. The van der Waals surface area contributed by atoms with Gasteiger partial charge in [-0.05, 0) is 43.4 Å². The molecule has 5 heteroatoms. The number of amides is 2. The Bertz CT molecular complexity index is 535. The number of carbonyl (C=O) groups excluding carboxylic acids is 1. The van der Waals surface area contributed by atoms with Crippen LogP contribution < -0.4 is 5.32 Å². The second-order valence-electron chi connectivity index (χ2n) is 6.38. The summed E-state index contributed by atoms with van der Waals surface area (Å²) < 4.78 is 26.2. The SMILES string of the molecule is CC1CCCC(N(C)C(=O)NC(C)c2ccc(F)c(F)c2)C1. The normalized spacial score (nSPS) is 23.0. The van der Waals surface area contributed by atoms with E-state index in [4.69, 9.17) is 0 Å². The minimum absolute atomic E-state index is 0.170. The van der Waals surface area contributed by atoms with Crippen LogP contribution in [0.25, 0.3) is 0 Å². The van der Waals surface area contributed by atoms with Crippen molar-refractivity contribution in [3.05, 3.63) is 35.4 Å². The monoisotopic (exact) mass is 310 g/mol. The Balaban J connectivity index is 1.96. The van der Waals surface area contributed by atoms with Crippen LogP contribution in [0.2, 0.25) is 0 Å². The van der Waals surface area contributed by atoms with E-state index >= 15 is 0 Å². The topological polar surface area (TPSA) is 32.3 Å². The van der Waals surface area contributed by atoms with Crippen molar-refractivity contribution < 1.29 is 13.6 Å². The van der Waals surface area contributed by atoms with Crippen LogP contribution in [0.4, 0.5) is 13.6 Å². The van der Waals surface area contributed by atoms with Crippen molar-refractivity contribution in [2.45, 2.75) is 51.6 Å². The smallest absolute Gasteiger partial charge is 0.317 e. The predicted octanol–water partition coefficient (Wildman–Crippen LogP) is 4.25. The molecule has 0 radical (unpaired) electrons. The zero-order chi connectivity index (χ0) is 16.3. The zero-order valence-corrected chi connectivity index (χ0v) is 13.4. The largest absolute Gasteiger partial charge is 0.331 e. The van der Waals surface area contributed by atoms with E-state index in [0.29, 0.717) is 11.5 Å². The lowest BCUT2D eigenvalue weighted by atomic mass is 9.86. The molecule has 1 aliphatic carbocycles. The summed E-state index contributed by atoms with van der Waals surface area (Å²) in [5.41, 5.74) is 0.553. The second kappa shape index (κ2) is 7.07. The van der Waals surface area contributed by atoms with Crippen LogP contribution in [-0.4, -0.2) is 24.0 Å². The van der Waals surface area contributed by atoms with Crippen molar-refractivity contribution in [3.8, 4) is 0 Å². The molecule has 3 nitrogen and oxygen atoms in total. The summed E-state index contributed by atoms with van der Waals surface area (Å²) in [5, 5.41) is 2.85. The third-order valence-corrected chi connectivity index (χ3v) is 4.56. The van der Waals surface area contributed by atoms with Gasteiger partial charge in [0.2, 0.25) is 0 Å². The first kappa shape index (κ1) is 16.7. The molecule has 2 rings (SSSR count). The maximum absolute atomic E-state index is 13.3. The standard InChI is InChI=1S/C17H24F2N2O/c1-11-5-4-6-14(9-11)21(3)17(22)20-12(2)13-7-8-15(18)16(19)10-13/h7-8,10-12,14H,4-6,9H2,1-3H3,(H,20,22). The van der Waals surface area contributed by atoms with Gasteiger partial charge in [-0.25, -0.2) is 13.6 Å². The average Bonchev–Trinajstić information content (AvgIpc) is 2.49. The molecule has 0 saturated heterocycles. The molecular formula is C17H24F2N2O. The number of hydrogen-bond acceptors (Lipinski definition) is 1. The molecule has 1 aromatic carbocycles. The Kier molecular flexibility index (Phi) is 5.37. The number of urea groups is 1. The molecule has 0 aromatic heterocycles. The van der Waals surface area contributed by atoms with Crippen LogP contribution >= 0.6 is 0 Å². The average molecular weight is 310 g/mol. The first-order chi connectivity index (χ1) is 10.4. The summed E-state index contributed by atoms with van der Waals surface area (Å²) in [6.07, 6.45) is 4.40. The van der Waals surface area contributed by atoms with Gasteiger partial charge in [0.05, 0.1) is 6.04 Å². The lowest BCUT2D eigenvalue weighted by molar-refractivity contribution is 0.158. The highest BCUT2D eigenvalue weighted by Gasteiger charge is 2.26. The van der Waals surface area contributed by atoms with Crippen molar-refractivity contribution >= 4 is 6.03 Å². The van der Waals surface area contributed by atoms with E-state index in [0.717, 1.165) is 31.4 Å². The summed E-state index contributed by atoms with van der Waals surface area (Å²) >= 11 is 0. The molecule has 0 bridgehead atoms. The minimum Gasteiger partial charge on any atom is -0.331 e. The molecule has 0 aliphatic heterocycles. The number of benzene rings is 1. The Hall–Kier alpha value is -1.65. The summed E-state index contributed by atoms with van der Waals surface area (Å²) in [5.74, 6) is -1.14. The summed E-state index contributed by atoms with van der Waals surface area (Å²) in [4.78, 5) is 14.1. The third-order valence-electron chi connectivity index (χ3n) is 4.56. The molecule has 2 amide bonds. The van der Waals surface area contributed by atoms with Gasteiger partial charge in [0.25, 0.3) is 0 Å². The van der Waals surface area contributed by atoms with Gasteiger partial charge < -0.3 is 10.2 Å². The molecule has 1 aromatic rings. The molecule has 3 unspecified atom stereocenters. The van der Waals surface area contributed by atoms with Crippen LogP contribution in [0, 0.1) is 17.6 Å². The van der Waals surface area contributed by atoms with E-state index < -0.39 is 11.6 Å². The second-order valence-corrected chi connectivity index (χ2v) is 6.38.